The van der Waals surface area contributed by atoms with Crippen LogP contribution in [-0.4, -0.2) is 46.3 Å². The molecule has 11 heteroatoms. The fraction of sp³-hybridized carbons (Fsp3) is 0.167. The number of anilines is 1. The summed E-state index contributed by atoms with van der Waals surface area (Å²) in [4.78, 5) is 15.7. The van der Waals surface area contributed by atoms with Gasteiger partial charge in [0.1, 0.15) is 11.3 Å². The SMILES string of the molecule is O=[N+]([O-])c1cc(S(=O)(=O)N2CCCC2)ccc1N/N=C\c1c(-c2ccccc2)nc2ccccn12. The van der Waals surface area contributed by atoms with E-state index in [1.807, 2.05) is 59.1 Å². The summed E-state index contributed by atoms with van der Waals surface area (Å²) in [6.07, 6.45) is 4.96. The minimum atomic E-state index is -3.78. The molecule has 4 aromatic rings. The molecule has 1 saturated heterocycles. The summed E-state index contributed by atoms with van der Waals surface area (Å²) in [6, 6.07) is 19.1. The first-order valence-corrected chi connectivity index (χ1v) is 12.5. The van der Waals surface area contributed by atoms with Crippen LogP contribution in [0.2, 0.25) is 0 Å². The molecule has 1 aliphatic heterocycles. The molecule has 2 aromatic heterocycles. The van der Waals surface area contributed by atoms with E-state index in [-0.39, 0.29) is 16.3 Å². The summed E-state index contributed by atoms with van der Waals surface area (Å²) < 4.78 is 28.9. The summed E-state index contributed by atoms with van der Waals surface area (Å²) >= 11 is 0. The Morgan fingerprint density at radius 2 is 1.77 bits per heavy atom. The number of hydrogen-bond acceptors (Lipinski definition) is 7. The van der Waals surface area contributed by atoms with Crippen LogP contribution in [0.25, 0.3) is 16.9 Å². The molecule has 35 heavy (non-hydrogen) atoms. The Morgan fingerprint density at radius 3 is 2.51 bits per heavy atom. The lowest BCUT2D eigenvalue weighted by Crippen LogP contribution is -2.27. The smallest absolute Gasteiger partial charge is 0.295 e. The molecule has 1 N–H and O–H groups in total. The third kappa shape index (κ3) is 4.38. The summed E-state index contributed by atoms with van der Waals surface area (Å²) in [5.41, 5.74) is 5.45. The normalized spacial score (nSPS) is 14.6. The Morgan fingerprint density at radius 1 is 1.03 bits per heavy atom. The number of pyridine rings is 1. The Hall–Kier alpha value is -4.09. The van der Waals surface area contributed by atoms with Gasteiger partial charge in [0.05, 0.1) is 27.4 Å². The molecule has 0 bridgehead atoms. The van der Waals surface area contributed by atoms with E-state index in [1.54, 1.807) is 6.21 Å². The van der Waals surface area contributed by atoms with E-state index in [4.69, 9.17) is 4.98 Å². The van der Waals surface area contributed by atoms with Crippen molar-refractivity contribution in [2.45, 2.75) is 17.7 Å². The Bertz CT molecular complexity index is 1530. The molecule has 1 aliphatic rings. The molecule has 0 unspecified atom stereocenters. The van der Waals surface area contributed by atoms with E-state index in [1.165, 1.54) is 16.4 Å². The molecule has 178 valence electrons. The second-order valence-electron chi connectivity index (χ2n) is 8.06. The van der Waals surface area contributed by atoms with Crippen molar-refractivity contribution in [2.24, 2.45) is 5.10 Å². The Labute approximate surface area is 201 Å². The van der Waals surface area contributed by atoms with Crippen LogP contribution in [0.1, 0.15) is 18.5 Å². The fourth-order valence-electron chi connectivity index (χ4n) is 4.10. The molecule has 0 aliphatic carbocycles. The van der Waals surface area contributed by atoms with E-state index in [0.717, 1.165) is 30.1 Å². The number of aromatic nitrogens is 2. The molecule has 0 spiro atoms. The zero-order valence-corrected chi connectivity index (χ0v) is 19.4. The van der Waals surface area contributed by atoms with Crippen molar-refractivity contribution in [3.8, 4) is 11.3 Å². The lowest BCUT2D eigenvalue weighted by Gasteiger charge is -2.15. The topological polar surface area (TPSA) is 122 Å². The van der Waals surface area contributed by atoms with Crippen LogP contribution < -0.4 is 5.43 Å². The molecular weight excluding hydrogens is 468 g/mol. The highest BCUT2D eigenvalue weighted by Crippen LogP contribution is 2.30. The van der Waals surface area contributed by atoms with Gasteiger partial charge in [-0.1, -0.05) is 36.4 Å². The molecule has 1 fully saturated rings. The number of imidazole rings is 1. The Balaban J connectivity index is 1.48. The van der Waals surface area contributed by atoms with Gasteiger partial charge in [0, 0.05) is 30.9 Å². The quantitative estimate of drug-likeness (QED) is 0.236. The summed E-state index contributed by atoms with van der Waals surface area (Å²) in [7, 11) is -3.78. The molecular formula is C24H22N6O4S. The lowest BCUT2D eigenvalue weighted by atomic mass is 10.1. The standard InChI is InChI=1S/C24H22N6O4S/c31-30(32)21-16-19(35(33,34)28-13-6-7-14-28)11-12-20(21)27-25-17-22-24(18-8-2-1-3-9-18)26-23-10-4-5-15-29(22)23/h1-5,8-12,15-17,27H,6-7,13-14H2/b25-17-. The second-order valence-corrected chi connectivity index (χ2v) is 10.00. The van der Waals surface area contributed by atoms with E-state index in [0.29, 0.717) is 24.5 Å². The summed E-state index contributed by atoms with van der Waals surface area (Å²) in [6.45, 7) is 0.840. The number of benzene rings is 2. The number of nitrogens with zero attached hydrogens (tertiary/aromatic N) is 5. The molecule has 5 rings (SSSR count). The molecule has 0 amide bonds. The lowest BCUT2D eigenvalue weighted by molar-refractivity contribution is -0.384. The van der Waals surface area contributed by atoms with Gasteiger partial charge in [-0.3, -0.25) is 19.9 Å². The maximum Gasteiger partial charge on any atom is 0.295 e. The number of hydrazone groups is 1. The largest absolute Gasteiger partial charge is 0.298 e. The monoisotopic (exact) mass is 490 g/mol. The zero-order valence-electron chi connectivity index (χ0n) is 18.6. The van der Waals surface area contributed by atoms with Crippen molar-refractivity contribution in [3.63, 3.8) is 0 Å². The van der Waals surface area contributed by atoms with Crippen molar-refractivity contribution in [3.05, 3.63) is 88.7 Å². The first-order chi connectivity index (χ1) is 16.9. The van der Waals surface area contributed by atoms with Crippen molar-refractivity contribution in [1.29, 1.82) is 0 Å². The van der Waals surface area contributed by atoms with E-state index >= 15 is 0 Å². The van der Waals surface area contributed by atoms with Crippen LogP contribution in [0.5, 0.6) is 0 Å². The van der Waals surface area contributed by atoms with Gasteiger partial charge in [0.15, 0.2) is 0 Å². The highest BCUT2D eigenvalue weighted by molar-refractivity contribution is 7.89. The van der Waals surface area contributed by atoms with E-state index < -0.39 is 14.9 Å². The molecule has 0 radical (unpaired) electrons. The molecule has 3 heterocycles. The molecule has 2 aromatic carbocycles. The number of nitro groups is 1. The minimum absolute atomic E-state index is 0.0849. The number of sulfonamides is 1. The van der Waals surface area contributed by atoms with Gasteiger partial charge in [-0.25, -0.2) is 13.4 Å². The van der Waals surface area contributed by atoms with Crippen LogP contribution in [0.3, 0.4) is 0 Å². The van der Waals surface area contributed by atoms with Crippen molar-refractivity contribution >= 4 is 33.3 Å². The van der Waals surface area contributed by atoms with Gasteiger partial charge >= 0.3 is 0 Å². The van der Waals surface area contributed by atoms with E-state index in [9.17, 15) is 18.5 Å². The van der Waals surface area contributed by atoms with Gasteiger partial charge < -0.3 is 0 Å². The van der Waals surface area contributed by atoms with Gasteiger partial charge in [0.2, 0.25) is 10.0 Å². The minimum Gasteiger partial charge on any atom is -0.298 e. The van der Waals surface area contributed by atoms with E-state index in [2.05, 4.69) is 10.5 Å². The average Bonchev–Trinajstić information content (AvgIpc) is 3.54. The fourth-order valence-corrected chi connectivity index (χ4v) is 5.64. The maximum absolute atomic E-state index is 12.8. The van der Waals surface area contributed by atoms with Crippen LogP contribution in [0, 0.1) is 10.1 Å². The van der Waals surface area contributed by atoms with Crippen LogP contribution in [-0.2, 0) is 10.0 Å². The second kappa shape index (κ2) is 9.28. The highest BCUT2D eigenvalue weighted by Gasteiger charge is 2.29. The van der Waals surface area contributed by atoms with Crippen molar-refractivity contribution < 1.29 is 13.3 Å². The average molecular weight is 491 g/mol. The molecule has 0 atom stereocenters. The molecule has 10 nitrogen and oxygen atoms in total. The summed E-state index contributed by atoms with van der Waals surface area (Å²) in [5.74, 6) is 0. The van der Waals surface area contributed by atoms with Gasteiger partial charge in [-0.15, -0.1) is 0 Å². The van der Waals surface area contributed by atoms with Crippen molar-refractivity contribution in [1.82, 2.24) is 13.7 Å². The maximum atomic E-state index is 12.8. The number of nitrogens with one attached hydrogen (secondary N) is 1. The molecule has 0 saturated carbocycles. The van der Waals surface area contributed by atoms with Gasteiger partial charge in [-0.05, 0) is 37.1 Å². The van der Waals surface area contributed by atoms with Gasteiger partial charge in [0.25, 0.3) is 5.69 Å². The first kappa shape index (κ1) is 22.7. The first-order valence-electron chi connectivity index (χ1n) is 11.1. The highest BCUT2D eigenvalue weighted by atomic mass is 32.2. The number of hydrogen-bond donors (Lipinski definition) is 1. The number of fused-ring (bicyclic) bond motifs is 1. The third-order valence-electron chi connectivity index (χ3n) is 5.85. The predicted molar refractivity (Wildman–Crippen MR) is 133 cm³/mol. The zero-order chi connectivity index (χ0) is 24.4. The summed E-state index contributed by atoms with van der Waals surface area (Å²) in [5, 5.41) is 16.0. The third-order valence-corrected chi connectivity index (χ3v) is 7.75. The number of nitro benzene ring substituents is 1. The number of rotatable bonds is 7. The van der Waals surface area contributed by atoms with Gasteiger partial charge in [-0.2, -0.15) is 9.41 Å². The van der Waals surface area contributed by atoms with Crippen molar-refractivity contribution in [2.75, 3.05) is 18.5 Å². The predicted octanol–water partition coefficient (Wildman–Crippen LogP) is 4.14. The van der Waals surface area contributed by atoms with Crippen LogP contribution >= 0.6 is 0 Å². The Kier molecular flexibility index (Phi) is 6.01. The van der Waals surface area contributed by atoms with Crippen LogP contribution in [0.4, 0.5) is 11.4 Å². The van der Waals surface area contributed by atoms with Crippen LogP contribution in [0.15, 0.2) is 82.9 Å².